The van der Waals surface area contributed by atoms with Gasteiger partial charge < -0.3 is 4.57 Å². The Hall–Kier alpha value is -0.610. The quantitative estimate of drug-likeness (QED) is 0.742. The van der Waals surface area contributed by atoms with Crippen molar-refractivity contribution >= 4 is 38.7 Å². The third-order valence-corrected chi connectivity index (χ3v) is 4.67. The summed E-state index contributed by atoms with van der Waals surface area (Å²) in [4.78, 5) is 9.16. The number of pyridine rings is 1. The molecule has 0 spiro atoms. The molecular weight excluding hydrogens is 326 g/mol. The van der Waals surface area contributed by atoms with E-state index in [-0.39, 0.29) is 0 Å². The van der Waals surface area contributed by atoms with E-state index in [0.717, 1.165) is 21.5 Å². The minimum absolute atomic E-state index is 0.403. The van der Waals surface area contributed by atoms with E-state index >= 15 is 0 Å². The molecule has 1 atom stereocenters. The van der Waals surface area contributed by atoms with E-state index < -0.39 is 0 Å². The Labute approximate surface area is 126 Å². The molecule has 2 aromatic rings. The first kappa shape index (κ1) is 13.4. The fourth-order valence-corrected chi connectivity index (χ4v) is 3.61. The van der Waals surface area contributed by atoms with E-state index in [9.17, 15) is 0 Å². The zero-order chi connectivity index (χ0) is 13.6. The maximum Gasteiger partial charge on any atom is 0.160 e. The third kappa shape index (κ3) is 2.40. The number of halogens is 2. The maximum absolute atomic E-state index is 6.07. The van der Waals surface area contributed by atoms with Crippen LogP contribution in [0.1, 0.15) is 45.0 Å². The molecule has 0 aliphatic heterocycles. The number of hydrogen-bond acceptors (Lipinski definition) is 2. The number of alkyl halides is 1. The molecule has 0 aromatic carbocycles. The summed E-state index contributed by atoms with van der Waals surface area (Å²) in [5.74, 6) is 1.37. The van der Waals surface area contributed by atoms with Crippen LogP contribution >= 0.6 is 27.5 Å². The van der Waals surface area contributed by atoms with Crippen LogP contribution in [0.5, 0.6) is 0 Å². The van der Waals surface area contributed by atoms with Crippen molar-refractivity contribution in [1.82, 2.24) is 14.5 Å². The molecule has 2 aromatic heterocycles. The van der Waals surface area contributed by atoms with Crippen LogP contribution < -0.4 is 0 Å². The smallest absolute Gasteiger partial charge is 0.160 e. The predicted molar refractivity (Wildman–Crippen MR) is 81.5 cm³/mol. The molecule has 19 heavy (non-hydrogen) atoms. The summed E-state index contributed by atoms with van der Waals surface area (Å²) >= 11 is 9.52. The highest BCUT2D eigenvalue weighted by Gasteiger charge is 2.33. The molecule has 0 radical (unpaired) electrons. The zero-order valence-electron chi connectivity index (χ0n) is 11.2. The summed E-state index contributed by atoms with van der Waals surface area (Å²) in [5.41, 5.74) is 2.29. The molecule has 1 saturated carbocycles. The van der Waals surface area contributed by atoms with Gasteiger partial charge in [0.05, 0.1) is 5.88 Å². The number of aromatic nitrogens is 3. The van der Waals surface area contributed by atoms with E-state index in [2.05, 4.69) is 44.3 Å². The lowest BCUT2D eigenvalue weighted by molar-refractivity contribution is 0.359. The average molecular weight is 343 g/mol. The van der Waals surface area contributed by atoms with Crippen molar-refractivity contribution in [3.8, 4) is 0 Å². The Balaban J connectivity index is 2.11. The topological polar surface area (TPSA) is 30.7 Å². The molecule has 2 heterocycles. The van der Waals surface area contributed by atoms with Crippen molar-refractivity contribution < 1.29 is 0 Å². The Kier molecular flexibility index (Phi) is 3.34. The Morgan fingerprint density at radius 1 is 1.53 bits per heavy atom. The second-order valence-corrected chi connectivity index (χ2v) is 7.27. The van der Waals surface area contributed by atoms with Gasteiger partial charge in [-0.1, -0.05) is 13.8 Å². The van der Waals surface area contributed by atoms with Gasteiger partial charge in [-0.05, 0) is 46.7 Å². The Morgan fingerprint density at radius 3 is 2.95 bits per heavy atom. The number of fused-ring (bicyclic) bond motifs is 1. The number of rotatable bonds is 2. The van der Waals surface area contributed by atoms with E-state index in [0.29, 0.717) is 17.3 Å². The van der Waals surface area contributed by atoms with Crippen molar-refractivity contribution in [2.75, 3.05) is 0 Å². The minimum Gasteiger partial charge on any atom is -0.309 e. The van der Waals surface area contributed by atoms with Crippen molar-refractivity contribution in [3.05, 3.63) is 22.6 Å². The summed E-state index contributed by atoms with van der Waals surface area (Å²) in [6.45, 7) is 4.66. The first-order valence-corrected chi connectivity index (χ1v) is 7.91. The highest BCUT2D eigenvalue weighted by atomic mass is 79.9. The molecule has 1 aliphatic rings. The average Bonchev–Trinajstić information content (AvgIpc) is 2.88. The summed E-state index contributed by atoms with van der Waals surface area (Å²) in [6, 6.07) is 2.48. The van der Waals surface area contributed by atoms with Gasteiger partial charge in [0.1, 0.15) is 11.3 Å². The summed E-state index contributed by atoms with van der Waals surface area (Å²) in [6.07, 6.45) is 5.42. The first-order chi connectivity index (χ1) is 9.00. The van der Waals surface area contributed by atoms with Gasteiger partial charge in [-0.15, -0.1) is 11.6 Å². The summed E-state index contributed by atoms with van der Waals surface area (Å²) in [7, 11) is 0. The van der Waals surface area contributed by atoms with E-state index in [4.69, 9.17) is 11.6 Å². The molecule has 0 N–H and O–H groups in total. The summed E-state index contributed by atoms with van der Waals surface area (Å²) in [5, 5.41) is 0. The van der Waals surface area contributed by atoms with Crippen LogP contribution in [-0.2, 0) is 5.88 Å². The fraction of sp³-hybridized carbons (Fsp3) is 0.571. The van der Waals surface area contributed by atoms with Gasteiger partial charge in [-0.3, -0.25) is 0 Å². The van der Waals surface area contributed by atoms with Gasteiger partial charge in [0.15, 0.2) is 5.65 Å². The van der Waals surface area contributed by atoms with Crippen molar-refractivity contribution in [1.29, 1.82) is 0 Å². The molecule has 1 unspecified atom stereocenters. The van der Waals surface area contributed by atoms with E-state index in [1.54, 1.807) is 0 Å². The van der Waals surface area contributed by atoms with Crippen LogP contribution in [0.3, 0.4) is 0 Å². The van der Waals surface area contributed by atoms with Gasteiger partial charge in [0.25, 0.3) is 0 Å². The molecule has 0 saturated heterocycles. The second-order valence-electron chi connectivity index (χ2n) is 6.09. The van der Waals surface area contributed by atoms with Crippen LogP contribution in [0.2, 0.25) is 0 Å². The molecule has 102 valence electrons. The van der Waals surface area contributed by atoms with Crippen LogP contribution in [0.15, 0.2) is 16.7 Å². The monoisotopic (exact) mass is 341 g/mol. The molecule has 3 nitrogen and oxygen atoms in total. The third-order valence-electron chi connectivity index (χ3n) is 4.00. The summed E-state index contributed by atoms with van der Waals surface area (Å²) < 4.78 is 3.21. The lowest BCUT2D eigenvalue weighted by atomic mass is 9.92. The Morgan fingerprint density at radius 2 is 2.32 bits per heavy atom. The molecule has 0 amide bonds. The van der Waals surface area contributed by atoms with Gasteiger partial charge in [0.2, 0.25) is 0 Å². The van der Waals surface area contributed by atoms with Gasteiger partial charge in [-0.2, -0.15) is 0 Å². The molecular formula is C14H17BrClN3. The molecule has 0 bridgehead atoms. The molecule has 1 aliphatic carbocycles. The van der Waals surface area contributed by atoms with E-state index in [1.807, 2.05) is 12.3 Å². The van der Waals surface area contributed by atoms with Gasteiger partial charge in [0, 0.05) is 16.7 Å². The number of nitrogens with zero attached hydrogens (tertiary/aromatic N) is 3. The van der Waals surface area contributed by atoms with E-state index in [1.165, 1.54) is 19.3 Å². The van der Waals surface area contributed by atoms with Crippen LogP contribution in [0, 0.1) is 5.41 Å². The molecule has 5 heteroatoms. The fourth-order valence-electron chi connectivity index (χ4n) is 3.10. The second kappa shape index (κ2) is 4.74. The van der Waals surface area contributed by atoms with Gasteiger partial charge >= 0.3 is 0 Å². The van der Waals surface area contributed by atoms with Crippen molar-refractivity contribution in [3.63, 3.8) is 0 Å². The predicted octanol–water partition coefficient (Wildman–Crippen LogP) is 4.68. The van der Waals surface area contributed by atoms with Crippen LogP contribution in [0.4, 0.5) is 0 Å². The highest BCUT2D eigenvalue weighted by molar-refractivity contribution is 9.10. The Bertz CT molecular complexity index is 620. The SMILES string of the molecule is CC1(C)CCC(n2c(CCl)nc3cc(Br)cnc32)C1. The maximum atomic E-state index is 6.07. The van der Waals surface area contributed by atoms with Crippen molar-refractivity contribution in [2.45, 2.75) is 45.0 Å². The van der Waals surface area contributed by atoms with Crippen LogP contribution in [0.25, 0.3) is 11.2 Å². The lowest BCUT2D eigenvalue weighted by Gasteiger charge is -2.19. The number of hydrogen-bond donors (Lipinski definition) is 0. The van der Waals surface area contributed by atoms with Crippen LogP contribution in [-0.4, -0.2) is 14.5 Å². The molecule has 1 fully saturated rings. The van der Waals surface area contributed by atoms with Crippen molar-refractivity contribution in [2.24, 2.45) is 5.41 Å². The van der Waals surface area contributed by atoms with Gasteiger partial charge in [-0.25, -0.2) is 9.97 Å². The first-order valence-electron chi connectivity index (χ1n) is 6.58. The standard InChI is InChI=1S/C14H17BrClN3/c1-14(2)4-3-10(6-14)19-12(7-16)18-11-5-9(15)8-17-13(11)19/h5,8,10H,3-4,6-7H2,1-2H3. The zero-order valence-corrected chi connectivity index (χ0v) is 13.5. The largest absolute Gasteiger partial charge is 0.309 e. The molecule has 3 rings (SSSR count). The highest BCUT2D eigenvalue weighted by Crippen LogP contribution is 2.44. The minimum atomic E-state index is 0.403. The normalized spacial score (nSPS) is 22.2. The lowest BCUT2D eigenvalue weighted by Crippen LogP contribution is -2.12. The number of imidazole rings is 1.